The maximum absolute atomic E-state index is 13.3. The number of phenolic OH excluding ortho intramolecular Hbond substituents is 3. The minimum absolute atomic E-state index is 0.0517. The zero-order chi connectivity index (χ0) is 24.7. The first-order valence-corrected chi connectivity index (χ1v) is 10.2. The summed E-state index contributed by atoms with van der Waals surface area (Å²) in [5.41, 5.74) is -0.709. The van der Waals surface area contributed by atoms with Crippen LogP contribution in [0.4, 0.5) is 0 Å². The van der Waals surface area contributed by atoms with E-state index in [2.05, 4.69) is 0 Å². The van der Waals surface area contributed by atoms with E-state index in [4.69, 9.17) is 18.6 Å². The normalized spacial score (nSPS) is 24.6. The van der Waals surface area contributed by atoms with Gasteiger partial charge in [-0.1, -0.05) is 0 Å². The highest BCUT2D eigenvalue weighted by atomic mass is 16.7. The van der Waals surface area contributed by atoms with Crippen molar-refractivity contribution in [2.24, 2.45) is 0 Å². The minimum atomic E-state index is -1.73. The van der Waals surface area contributed by atoms with Crippen LogP contribution in [0.1, 0.15) is 13.8 Å². The number of benzene rings is 2. The molecule has 0 saturated carbocycles. The number of carbonyl (C=O) groups is 1. The van der Waals surface area contributed by atoms with Crippen LogP contribution in [0.2, 0.25) is 0 Å². The number of rotatable bonds is 4. The van der Waals surface area contributed by atoms with E-state index in [-0.39, 0.29) is 33.8 Å². The standard InChI is InChI=1S/C23H22O11/c1-9-20(32-10(2)24)18(29)19(30)23(31-9)34-22-17(28)16-14(27)7-13(26)8-15(16)33-21(22)11-3-5-12(25)6-4-11/h3-9,18-20,23,25-27,29-30H,1-2H3/t9-,18-,19+,20-,23-/m0/s1. The third-order valence-corrected chi connectivity index (χ3v) is 5.36. The van der Waals surface area contributed by atoms with E-state index in [0.29, 0.717) is 0 Å². The van der Waals surface area contributed by atoms with Crippen LogP contribution in [0.3, 0.4) is 0 Å². The first kappa shape index (κ1) is 23.4. The molecule has 0 amide bonds. The van der Waals surface area contributed by atoms with E-state index in [9.17, 15) is 35.1 Å². The molecule has 11 heteroatoms. The Kier molecular flexibility index (Phi) is 6.09. The zero-order valence-electron chi connectivity index (χ0n) is 18.0. The van der Waals surface area contributed by atoms with Gasteiger partial charge in [-0.15, -0.1) is 0 Å². The Labute approximate surface area is 192 Å². The van der Waals surface area contributed by atoms with Crippen LogP contribution in [0.25, 0.3) is 22.3 Å². The predicted octanol–water partition coefficient (Wildman–Crippen LogP) is 1.35. The molecule has 0 bridgehead atoms. The van der Waals surface area contributed by atoms with Crippen molar-refractivity contribution in [1.29, 1.82) is 0 Å². The number of aliphatic hydroxyl groups excluding tert-OH is 2. The molecule has 1 aromatic heterocycles. The average Bonchev–Trinajstić information content (AvgIpc) is 2.76. The quantitative estimate of drug-likeness (QED) is 0.345. The third-order valence-electron chi connectivity index (χ3n) is 5.36. The van der Waals surface area contributed by atoms with E-state index in [1.54, 1.807) is 0 Å². The fraction of sp³-hybridized carbons (Fsp3) is 0.304. The molecule has 0 spiro atoms. The molecule has 0 aliphatic carbocycles. The lowest BCUT2D eigenvalue weighted by molar-refractivity contribution is -0.272. The molecule has 0 unspecified atom stereocenters. The summed E-state index contributed by atoms with van der Waals surface area (Å²) in [6, 6.07) is 7.62. The second-order valence-electron chi connectivity index (χ2n) is 7.86. The van der Waals surface area contributed by atoms with Gasteiger partial charge in [-0.3, -0.25) is 9.59 Å². The molecule has 1 saturated heterocycles. The molecule has 180 valence electrons. The van der Waals surface area contributed by atoms with Crippen LogP contribution < -0.4 is 10.2 Å². The van der Waals surface area contributed by atoms with Crippen LogP contribution >= 0.6 is 0 Å². The number of carbonyl (C=O) groups excluding carboxylic acids is 1. The molecule has 3 aromatic rings. The summed E-state index contributed by atoms with van der Waals surface area (Å²) in [6.45, 7) is 2.63. The Bertz CT molecular complexity index is 1280. The van der Waals surface area contributed by atoms with Gasteiger partial charge in [0.2, 0.25) is 17.5 Å². The number of fused-ring (bicyclic) bond motifs is 1. The lowest BCUT2D eigenvalue weighted by Gasteiger charge is -2.40. The van der Waals surface area contributed by atoms with E-state index in [1.165, 1.54) is 31.2 Å². The van der Waals surface area contributed by atoms with Crippen molar-refractivity contribution in [3.05, 3.63) is 46.6 Å². The number of hydrogen-bond acceptors (Lipinski definition) is 11. The summed E-state index contributed by atoms with van der Waals surface area (Å²) >= 11 is 0. The molecule has 0 radical (unpaired) electrons. The van der Waals surface area contributed by atoms with Crippen LogP contribution in [-0.4, -0.2) is 62.2 Å². The first-order chi connectivity index (χ1) is 16.1. The highest BCUT2D eigenvalue weighted by Crippen LogP contribution is 2.37. The lowest BCUT2D eigenvalue weighted by atomic mass is 9.99. The fourth-order valence-electron chi connectivity index (χ4n) is 3.75. The topological polar surface area (TPSA) is 176 Å². The molecule has 1 aliphatic rings. The Morgan fingerprint density at radius 3 is 2.32 bits per heavy atom. The van der Waals surface area contributed by atoms with E-state index >= 15 is 0 Å². The second kappa shape index (κ2) is 8.86. The predicted molar refractivity (Wildman–Crippen MR) is 115 cm³/mol. The van der Waals surface area contributed by atoms with Crippen LogP contribution in [0.5, 0.6) is 23.0 Å². The van der Waals surface area contributed by atoms with Crippen molar-refractivity contribution in [3.8, 4) is 34.3 Å². The van der Waals surface area contributed by atoms with Gasteiger partial charge in [0.15, 0.2) is 11.9 Å². The van der Waals surface area contributed by atoms with Gasteiger partial charge in [-0.2, -0.15) is 0 Å². The third kappa shape index (κ3) is 4.23. The summed E-state index contributed by atoms with van der Waals surface area (Å²) in [5.74, 6) is -2.27. The second-order valence-corrected chi connectivity index (χ2v) is 7.86. The van der Waals surface area contributed by atoms with Gasteiger partial charge < -0.3 is 44.2 Å². The number of hydrogen-bond donors (Lipinski definition) is 5. The largest absolute Gasteiger partial charge is 0.508 e. The molecular weight excluding hydrogens is 452 g/mol. The van der Waals surface area contributed by atoms with E-state index in [0.717, 1.165) is 19.1 Å². The maximum atomic E-state index is 13.3. The number of phenols is 3. The molecule has 4 rings (SSSR count). The van der Waals surface area contributed by atoms with Gasteiger partial charge in [-0.05, 0) is 31.2 Å². The van der Waals surface area contributed by atoms with Crippen LogP contribution in [0.15, 0.2) is 45.6 Å². The molecule has 1 aliphatic heterocycles. The summed E-state index contributed by atoms with van der Waals surface area (Å²) in [6.07, 6.45) is -6.98. The van der Waals surface area contributed by atoms with Gasteiger partial charge in [0.05, 0.1) is 6.10 Å². The molecule has 34 heavy (non-hydrogen) atoms. The SMILES string of the molecule is CC(=O)O[C@@H]1[C@@H](O)[C@@H](O)[C@H](Oc2c(-c3ccc(O)cc3)oc3cc(O)cc(O)c3c2=O)O[C@H]1C. The fourth-order valence-corrected chi connectivity index (χ4v) is 3.75. The molecular formula is C23H22O11. The molecule has 2 aromatic carbocycles. The number of aromatic hydroxyl groups is 3. The summed E-state index contributed by atoms with van der Waals surface area (Å²) in [7, 11) is 0. The summed E-state index contributed by atoms with van der Waals surface area (Å²) in [5, 5.41) is 50.4. The highest BCUT2D eigenvalue weighted by molar-refractivity contribution is 5.88. The van der Waals surface area contributed by atoms with Crippen molar-refractivity contribution < 1.29 is 49.0 Å². The molecule has 1 fully saturated rings. The smallest absolute Gasteiger partial charge is 0.303 e. The molecule has 11 nitrogen and oxygen atoms in total. The van der Waals surface area contributed by atoms with Gasteiger partial charge in [-0.25, -0.2) is 0 Å². The van der Waals surface area contributed by atoms with E-state index in [1.807, 2.05) is 0 Å². The first-order valence-electron chi connectivity index (χ1n) is 10.2. The number of ether oxygens (including phenoxy) is 3. The van der Waals surface area contributed by atoms with Gasteiger partial charge in [0.25, 0.3) is 0 Å². The van der Waals surface area contributed by atoms with E-state index < -0.39 is 53.6 Å². The Hall–Kier alpha value is -3.80. The zero-order valence-corrected chi connectivity index (χ0v) is 18.0. The van der Waals surface area contributed by atoms with Crippen LogP contribution in [-0.2, 0) is 14.3 Å². The van der Waals surface area contributed by atoms with Crippen molar-refractivity contribution in [3.63, 3.8) is 0 Å². The maximum Gasteiger partial charge on any atom is 0.303 e. The van der Waals surface area contributed by atoms with Crippen LogP contribution in [0, 0.1) is 0 Å². The van der Waals surface area contributed by atoms with Gasteiger partial charge in [0, 0.05) is 24.6 Å². The number of aliphatic hydroxyl groups is 2. The van der Waals surface area contributed by atoms with Crippen molar-refractivity contribution in [1.82, 2.24) is 0 Å². The molecule has 2 heterocycles. The molecule has 5 N–H and O–H groups in total. The summed E-state index contributed by atoms with van der Waals surface area (Å²) < 4.78 is 22.0. The number of esters is 1. The van der Waals surface area contributed by atoms with Gasteiger partial charge in [0.1, 0.15) is 40.4 Å². The Morgan fingerprint density at radius 1 is 1.00 bits per heavy atom. The Morgan fingerprint density at radius 2 is 1.68 bits per heavy atom. The Balaban J connectivity index is 1.82. The lowest BCUT2D eigenvalue weighted by Crippen LogP contribution is -2.59. The van der Waals surface area contributed by atoms with Crippen molar-refractivity contribution in [2.75, 3.05) is 0 Å². The molecule has 5 atom stereocenters. The van der Waals surface area contributed by atoms with Gasteiger partial charge >= 0.3 is 5.97 Å². The van der Waals surface area contributed by atoms with Crippen molar-refractivity contribution in [2.45, 2.75) is 44.6 Å². The monoisotopic (exact) mass is 474 g/mol. The highest BCUT2D eigenvalue weighted by Gasteiger charge is 2.46. The van der Waals surface area contributed by atoms with Crippen molar-refractivity contribution >= 4 is 16.9 Å². The average molecular weight is 474 g/mol. The summed E-state index contributed by atoms with van der Waals surface area (Å²) in [4.78, 5) is 24.6. The minimum Gasteiger partial charge on any atom is -0.508 e.